The minimum Gasteiger partial charge on any atom is -0.308 e. The Morgan fingerprint density at radius 3 is 2.43 bits per heavy atom. The fourth-order valence-corrected chi connectivity index (χ4v) is 2.39. The number of aromatic nitrogens is 3. The molecule has 0 unspecified atom stereocenters. The van der Waals surface area contributed by atoms with Gasteiger partial charge in [-0.05, 0) is 32.6 Å². The molecule has 0 saturated carbocycles. The molecule has 0 fully saturated rings. The summed E-state index contributed by atoms with van der Waals surface area (Å²) >= 11 is 0. The molecule has 116 valence electrons. The van der Waals surface area contributed by atoms with Gasteiger partial charge in [-0.1, -0.05) is 26.8 Å². The van der Waals surface area contributed by atoms with E-state index in [1.807, 2.05) is 4.52 Å². The third-order valence-corrected chi connectivity index (χ3v) is 3.67. The molecule has 0 N–H and O–H groups in total. The molecule has 0 amide bonds. The number of hydrogen-bond acceptors (Lipinski definition) is 4. The first-order valence-corrected chi connectivity index (χ1v) is 7.44. The smallest absolute Gasteiger partial charge is 0.159 e. The molecule has 0 radical (unpaired) electrons. The Hall–Kier alpha value is -1.46. The topological polar surface area (TPSA) is 36.7 Å². The lowest BCUT2D eigenvalue weighted by Crippen LogP contribution is -2.29. The second kappa shape index (κ2) is 6.12. The lowest BCUT2D eigenvalue weighted by molar-refractivity contribution is 0.272. The monoisotopic (exact) mass is 289 g/mol. The van der Waals surface area contributed by atoms with E-state index in [0.717, 1.165) is 25.3 Å². The van der Waals surface area contributed by atoms with Crippen molar-refractivity contribution in [3.05, 3.63) is 29.7 Å². The fourth-order valence-electron chi connectivity index (χ4n) is 2.39. The summed E-state index contributed by atoms with van der Waals surface area (Å²) in [5.74, 6) is 0. The Labute approximate surface area is 127 Å². The zero-order valence-electron chi connectivity index (χ0n) is 14.1. The molecule has 2 aromatic rings. The summed E-state index contributed by atoms with van der Waals surface area (Å²) in [5, 5.41) is 4.41. The molecule has 0 aliphatic carbocycles. The van der Waals surface area contributed by atoms with Gasteiger partial charge in [-0.15, -0.1) is 0 Å². The third kappa shape index (κ3) is 3.80. The van der Waals surface area contributed by atoms with Crippen molar-refractivity contribution in [1.29, 1.82) is 0 Å². The quantitative estimate of drug-likeness (QED) is 0.844. The summed E-state index contributed by atoms with van der Waals surface area (Å²) in [6, 6.07) is 4.37. The van der Waals surface area contributed by atoms with Crippen LogP contribution < -0.4 is 0 Å². The fraction of sp³-hybridized carbons (Fsp3) is 0.625. The van der Waals surface area contributed by atoms with E-state index in [1.165, 1.54) is 11.3 Å². The van der Waals surface area contributed by atoms with Crippen LogP contribution >= 0.6 is 0 Å². The number of fused-ring (bicyclic) bond motifs is 1. The molecule has 0 atom stereocenters. The molecule has 0 spiro atoms. The maximum Gasteiger partial charge on any atom is 0.159 e. The van der Waals surface area contributed by atoms with Crippen molar-refractivity contribution in [2.45, 2.75) is 32.7 Å². The van der Waals surface area contributed by atoms with Gasteiger partial charge in [0.15, 0.2) is 5.65 Å². The van der Waals surface area contributed by atoms with Crippen molar-refractivity contribution < 1.29 is 0 Å². The van der Waals surface area contributed by atoms with Crippen LogP contribution in [0.1, 0.15) is 32.0 Å². The van der Waals surface area contributed by atoms with Gasteiger partial charge >= 0.3 is 0 Å². The van der Waals surface area contributed by atoms with Crippen molar-refractivity contribution in [3.8, 4) is 0 Å². The van der Waals surface area contributed by atoms with E-state index >= 15 is 0 Å². The predicted molar refractivity (Wildman–Crippen MR) is 86.6 cm³/mol. The van der Waals surface area contributed by atoms with Crippen LogP contribution in [-0.2, 0) is 12.0 Å². The van der Waals surface area contributed by atoms with Gasteiger partial charge in [-0.25, -0.2) is 9.50 Å². The van der Waals surface area contributed by atoms with Crippen LogP contribution in [0.3, 0.4) is 0 Å². The minimum absolute atomic E-state index is 0.0731. The van der Waals surface area contributed by atoms with Gasteiger partial charge in [0.05, 0.1) is 5.69 Å². The first-order valence-electron chi connectivity index (χ1n) is 7.44. The average Bonchev–Trinajstić information content (AvgIpc) is 2.84. The summed E-state index contributed by atoms with van der Waals surface area (Å²) in [6.45, 7) is 9.58. The number of hydrogen-bond donors (Lipinski definition) is 0. The molecule has 2 rings (SSSR count). The molecular weight excluding hydrogens is 262 g/mol. The van der Waals surface area contributed by atoms with Gasteiger partial charge in [0.25, 0.3) is 0 Å². The lowest BCUT2D eigenvalue weighted by atomic mass is 9.87. The van der Waals surface area contributed by atoms with Gasteiger partial charge in [0.1, 0.15) is 6.33 Å². The van der Waals surface area contributed by atoms with Gasteiger partial charge in [-0.2, -0.15) is 5.10 Å². The second-order valence-corrected chi connectivity index (χ2v) is 7.02. The lowest BCUT2D eigenvalue weighted by Gasteiger charge is -2.22. The predicted octanol–water partition coefficient (Wildman–Crippen LogP) is 2.02. The second-order valence-electron chi connectivity index (χ2n) is 7.02. The maximum absolute atomic E-state index is 4.45. The first-order chi connectivity index (χ1) is 9.79. The van der Waals surface area contributed by atoms with Crippen molar-refractivity contribution >= 4 is 5.65 Å². The molecule has 0 aliphatic rings. The summed E-state index contributed by atoms with van der Waals surface area (Å²) in [4.78, 5) is 8.96. The van der Waals surface area contributed by atoms with Crippen LogP contribution in [0.15, 0.2) is 18.5 Å². The van der Waals surface area contributed by atoms with Crippen molar-refractivity contribution in [2.75, 3.05) is 34.2 Å². The zero-order valence-corrected chi connectivity index (χ0v) is 14.1. The Balaban J connectivity index is 2.24. The van der Waals surface area contributed by atoms with Crippen LogP contribution in [0.2, 0.25) is 0 Å². The van der Waals surface area contributed by atoms with E-state index in [9.17, 15) is 0 Å². The molecule has 0 bridgehead atoms. The highest BCUT2D eigenvalue weighted by Gasteiger charge is 2.20. The highest BCUT2D eigenvalue weighted by molar-refractivity contribution is 5.51. The van der Waals surface area contributed by atoms with Crippen LogP contribution in [0.25, 0.3) is 5.65 Å². The number of nitrogens with zero attached hydrogens (tertiary/aromatic N) is 5. The van der Waals surface area contributed by atoms with Crippen molar-refractivity contribution in [3.63, 3.8) is 0 Å². The molecule has 21 heavy (non-hydrogen) atoms. The Bertz CT molecular complexity index is 594. The SMILES string of the molecule is CN(C)CCN(C)Cc1ccc(C(C)(C)C)c2ncnn12. The molecule has 2 aromatic heterocycles. The van der Waals surface area contributed by atoms with E-state index in [-0.39, 0.29) is 5.41 Å². The summed E-state index contributed by atoms with van der Waals surface area (Å²) in [6.07, 6.45) is 1.65. The Morgan fingerprint density at radius 2 is 1.81 bits per heavy atom. The van der Waals surface area contributed by atoms with Crippen LogP contribution in [0.4, 0.5) is 0 Å². The van der Waals surface area contributed by atoms with Gasteiger partial charge in [0.2, 0.25) is 0 Å². The third-order valence-electron chi connectivity index (χ3n) is 3.67. The number of likely N-dealkylation sites (N-methyl/N-ethyl adjacent to an activating group) is 2. The van der Waals surface area contributed by atoms with E-state index in [4.69, 9.17) is 0 Å². The van der Waals surface area contributed by atoms with Crippen LogP contribution in [-0.4, -0.2) is 58.6 Å². The van der Waals surface area contributed by atoms with Gasteiger partial charge in [-0.3, -0.25) is 4.90 Å². The normalized spacial score (nSPS) is 12.8. The maximum atomic E-state index is 4.45. The standard InChI is InChI=1S/C16H27N5/c1-16(2,3)14-8-7-13(21-15(14)17-12-18-21)11-20(6)10-9-19(4)5/h7-8,12H,9-11H2,1-6H3. The zero-order chi connectivity index (χ0) is 15.6. The molecule has 5 heteroatoms. The van der Waals surface area contributed by atoms with Crippen molar-refractivity contribution in [1.82, 2.24) is 24.4 Å². The van der Waals surface area contributed by atoms with Gasteiger partial charge < -0.3 is 4.90 Å². The molecular formula is C16H27N5. The Kier molecular flexibility index (Phi) is 4.64. The van der Waals surface area contributed by atoms with Gasteiger partial charge in [0, 0.05) is 25.2 Å². The average molecular weight is 289 g/mol. The first kappa shape index (κ1) is 15.9. The van der Waals surface area contributed by atoms with E-state index in [2.05, 4.69) is 73.9 Å². The Morgan fingerprint density at radius 1 is 1.10 bits per heavy atom. The highest BCUT2D eigenvalue weighted by atomic mass is 15.3. The molecule has 0 aromatic carbocycles. The van der Waals surface area contributed by atoms with Crippen LogP contribution in [0, 0.1) is 0 Å². The van der Waals surface area contributed by atoms with E-state index < -0.39 is 0 Å². The highest BCUT2D eigenvalue weighted by Crippen LogP contribution is 2.26. The molecule has 0 saturated heterocycles. The molecule has 2 heterocycles. The molecule has 0 aliphatic heterocycles. The molecule has 5 nitrogen and oxygen atoms in total. The summed E-state index contributed by atoms with van der Waals surface area (Å²) < 4.78 is 1.98. The number of rotatable bonds is 5. The summed E-state index contributed by atoms with van der Waals surface area (Å²) in [5.41, 5.74) is 3.46. The summed E-state index contributed by atoms with van der Waals surface area (Å²) in [7, 11) is 6.34. The van der Waals surface area contributed by atoms with E-state index in [1.54, 1.807) is 6.33 Å². The van der Waals surface area contributed by atoms with Crippen molar-refractivity contribution in [2.24, 2.45) is 0 Å². The van der Waals surface area contributed by atoms with E-state index in [0.29, 0.717) is 0 Å². The number of pyridine rings is 1. The van der Waals surface area contributed by atoms with Crippen LogP contribution in [0.5, 0.6) is 0 Å². The minimum atomic E-state index is 0.0731. The largest absolute Gasteiger partial charge is 0.308 e.